The lowest BCUT2D eigenvalue weighted by atomic mass is 10.0. The van der Waals surface area contributed by atoms with Gasteiger partial charge in [-0.15, -0.1) is 0 Å². The van der Waals surface area contributed by atoms with Crippen molar-refractivity contribution in [2.45, 2.75) is 38.8 Å². The molecule has 1 fully saturated rings. The van der Waals surface area contributed by atoms with Crippen molar-refractivity contribution in [1.82, 2.24) is 20.2 Å². The lowest BCUT2D eigenvalue weighted by Crippen LogP contribution is -2.31. The summed E-state index contributed by atoms with van der Waals surface area (Å²) in [5, 5.41) is 2.83. The summed E-state index contributed by atoms with van der Waals surface area (Å²) >= 11 is 0. The number of hydrogen-bond acceptors (Lipinski definition) is 4. The van der Waals surface area contributed by atoms with Gasteiger partial charge in [0.2, 0.25) is 0 Å². The number of aromatic nitrogens is 2. The van der Waals surface area contributed by atoms with E-state index in [4.69, 9.17) is 0 Å². The van der Waals surface area contributed by atoms with E-state index in [-0.39, 0.29) is 17.8 Å². The maximum absolute atomic E-state index is 12.9. The number of halogens is 1. The van der Waals surface area contributed by atoms with Crippen molar-refractivity contribution in [3.05, 3.63) is 58.9 Å². The second kappa shape index (κ2) is 7.70. The zero-order chi connectivity index (χ0) is 17.8. The van der Waals surface area contributed by atoms with Crippen LogP contribution in [0.3, 0.4) is 0 Å². The molecule has 6 heteroatoms. The number of carbonyl (C=O) groups excluding carboxylic acids is 1. The second-order valence-corrected chi connectivity index (χ2v) is 6.53. The van der Waals surface area contributed by atoms with Gasteiger partial charge in [0.15, 0.2) is 0 Å². The average Bonchev–Trinajstić information content (AvgIpc) is 2.61. The van der Waals surface area contributed by atoms with Crippen LogP contribution in [0, 0.1) is 12.7 Å². The van der Waals surface area contributed by atoms with Gasteiger partial charge in [0.05, 0.1) is 17.3 Å². The van der Waals surface area contributed by atoms with Gasteiger partial charge in [0, 0.05) is 12.7 Å². The molecule has 0 aliphatic carbocycles. The van der Waals surface area contributed by atoms with Crippen LogP contribution in [0.25, 0.3) is 0 Å². The molecule has 1 amide bonds. The Labute approximate surface area is 147 Å². The van der Waals surface area contributed by atoms with Crippen LogP contribution in [-0.2, 0) is 6.54 Å². The fourth-order valence-corrected chi connectivity index (χ4v) is 3.15. The molecule has 5 nitrogen and oxygen atoms in total. The molecule has 1 aromatic heterocycles. The van der Waals surface area contributed by atoms with E-state index in [0.29, 0.717) is 17.8 Å². The van der Waals surface area contributed by atoms with Crippen LogP contribution in [0.2, 0.25) is 0 Å². The molecular weight excluding hydrogens is 319 g/mol. The lowest BCUT2D eigenvalue weighted by molar-refractivity contribution is 0.0949. The molecule has 1 saturated heterocycles. The number of carbonyl (C=O) groups is 1. The highest BCUT2D eigenvalue weighted by atomic mass is 19.1. The van der Waals surface area contributed by atoms with Crippen LogP contribution in [-0.4, -0.2) is 34.4 Å². The monoisotopic (exact) mass is 342 g/mol. The van der Waals surface area contributed by atoms with Gasteiger partial charge in [-0.2, -0.15) is 0 Å². The van der Waals surface area contributed by atoms with Crippen molar-refractivity contribution in [3.8, 4) is 0 Å². The molecule has 25 heavy (non-hydrogen) atoms. The first-order chi connectivity index (χ1) is 12.0. The molecule has 0 bridgehead atoms. The largest absolute Gasteiger partial charge is 0.348 e. The molecule has 1 aliphatic rings. The van der Waals surface area contributed by atoms with Crippen molar-refractivity contribution in [2.24, 2.45) is 0 Å². The summed E-state index contributed by atoms with van der Waals surface area (Å²) in [6.07, 6.45) is 5.04. The number of piperidine rings is 1. The SMILES string of the molecule is Cc1nc([C@H]2CCCCN2C)ncc1C(=O)NCc1ccc(F)cc1. The third-order valence-electron chi connectivity index (χ3n) is 4.68. The lowest BCUT2D eigenvalue weighted by Gasteiger charge is -2.31. The van der Waals surface area contributed by atoms with Crippen molar-refractivity contribution in [3.63, 3.8) is 0 Å². The van der Waals surface area contributed by atoms with E-state index in [1.165, 1.54) is 25.0 Å². The molecule has 1 aliphatic heterocycles. The number of amides is 1. The van der Waals surface area contributed by atoms with Crippen LogP contribution in [0.5, 0.6) is 0 Å². The van der Waals surface area contributed by atoms with Gasteiger partial charge in [0.25, 0.3) is 5.91 Å². The molecule has 1 atom stereocenters. The van der Waals surface area contributed by atoms with Crippen LogP contribution < -0.4 is 5.32 Å². The maximum Gasteiger partial charge on any atom is 0.254 e. The Hall–Kier alpha value is -2.34. The molecular formula is C19H23FN4O. The predicted molar refractivity (Wildman–Crippen MR) is 93.6 cm³/mol. The van der Waals surface area contributed by atoms with Crippen LogP contribution >= 0.6 is 0 Å². The van der Waals surface area contributed by atoms with Crippen LogP contribution in [0.4, 0.5) is 4.39 Å². The van der Waals surface area contributed by atoms with E-state index in [1.807, 2.05) is 6.92 Å². The Morgan fingerprint density at radius 1 is 1.32 bits per heavy atom. The number of rotatable bonds is 4. The molecule has 2 heterocycles. The van der Waals surface area contributed by atoms with Gasteiger partial charge in [-0.1, -0.05) is 18.6 Å². The topological polar surface area (TPSA) is 58.1 Å². The van der Waals surface area contributed by atoms with Gasteiger partial charge < -0.3 is 5.32 Å². The first kappa shape index (κ1) is 17.5. The minimum atomic E-state index is -0.289. The molecule has 1 N–H and O–H groups in total. The molecule has 3 rings (SSSR count). The van der Waals surface area contributed by atoms with Gasteiger partial charge in [-0.05, 0) is 51.1 Å². The summed E-state index contributed by atoms with van der Waals surface area (Å²) < 4.78 is 12.9. The minimum Gasteiger partial charge on any atom is -0.348 e. The molecule has 0 saturated carbocycles. The summed E-state index contributed by atoms with van der Waals surface area (Å²) in [5.74, 6) is 0.280. The van der Waals surface area contributed by atoms with E-state index in [2.05, 4.69) is 27.2 Å². The van der Waals surface area contributed by atoms with Crippen molar-refractivity contribution < 1.29 is 9.18 Å². The first-order valence-electron chi connectivity index (χ1n) is 8.61. The zero-order valence-corrected chi connectivity index (χ0v) is 14.6. The number of aryl methyl sites for hydroxylation is 1. The highest BCUT2D eigenvalue weighted by Crippen LogP contribution is 2.27. The Balaban J connectivity index is 1.67. The maximum atomic E-state index is 12.9. The quantitative estimate of drug-likeness (QED) is 0.928. The molecule has 132 valence electrons. The van der Waals surface area contributed by atoms with Crippen LogP contribution in [0.15, 0.2) is 30.5 Å². The van der Waals surface area contributed by atoms with E-state index in [1.54, 1.807) is 18.3 Å². The summed E-state index contributed by atoms with van der Waals surface area (Å²) in [6.45, 7) is 3.22. The fraction of sp³-hybridized carbons (Fsp3) is 0.421. The number of likely N-dealkylation sites (tertiary alicyclic amines) is 1. The minimum absolute atomic E-state index is 0.217. The molecule has 1 aromatic carbocycles. The Morgan fingerprint density at radius 2 is 2.08 bits per heavy atom. The number of nitrogens with one attached hydrogen (secondary N) is 1. The second-order valence-electron chi connectivity index (χ2n) is 6.53. The number of benzene rings is 1. The first-order valence-corrected chi connectivity index (χ1v) is 8.61. The van der Waals surface area contributed by atoms with E-state index < -0.39 is 0 Å². The summed E-state index contributed by atoms with van der Waals surface area (Å²) in [7, 11) is 2.09. The van der Waals surface area contributed by atoms with Crippen molar-refractivity contribution in [1.29, 1.82) is 0 Å². The summed E-state index contributed by atoms with van der Waals surface area (Å²) in [6, 6.07) is 6.29. The molecule has 0 spiro atoms. The van der Waals surface area contributed by atoms with Crippen molar-refractivity contribution in [2.75, 3.05) is 13.6 Å². The highest BCUT2D eigenvalue weighted by molar-refractivity contribution is 5.94. The Morgan fingerprint density at radius 3 is 2.76 bits per heavy atom. The smallest absolute Gasteiger partial charge is 0.254 e. The fourth-order valence-electron chi connectivity index (χ4n) is 3.15. The third-order valence-corrected chi connectivity index (χ3v) is 4.68. The van der Waals surface area contributed by atoms with E-state index in [0.717, 1.165) is 24.4 Å². The summed E-state index contributed by atoms with van der Waals surface area (Å²) in [4.78, 5) is 23.7. The zero-order valence-electron chi connectivity index (χ0n) is 14.6. The van der Waals surface area contributed by atoms with E-state index >= 15 is 0 Å². The van der Waals surface area contributed by atoms with E-state index in [9.17, 15) is 9.18 Å². The average molecular weight is 342 g/mol. The molecule has 0 unspecified atom stereocenters. The normalized spacial score (nSPS) is 18.1. The van der Waals surface area contributed by atoms with Gasteiger partial charge >= 0.3 is 0 Å². The Bertz CT molecular complexity index is 748. The predicted octanol–water partition coefficient (Wildman–Crippen LogP) is 3.01. The van der Waals surface area contributed by atoms with Gasteiger partial charge in [-0.3, -0.25) is 9.69 Å². The standard InChI is InChI=1S/C19H23FN4O/c1-13-16(19(25)22-11-14-6-8-15(20)9-7-14)12-21-18(23-13)17-5-3-4-10-24(17)2/h6-9,12,17H,3-5,10-11H2,1-2H3,(H,22,25)/t17-/m1/s1. The number of nitrogens with zero attached hydrogens (tertiary/aromatic N) is 3. The summed E-state index contributed by atoms with van der Waals surface area (Å²) in [5.41, 5.74) is 2.00. The van der Waals surface area contributed by atoms with Crippen molar-refractivity contribution >= 4 is 5.91 Å². The number of hydrogen-bond donors (Lipinski definition) is 1. The van der Waals surface area contributed by atoms with Gasteiger partial charge in [0.1, 0.15) is 11.6 Å². The molecule has 0 radical (unpaired) electrons. The highest BCUT2D eigenvalue weighted by Gasteiger charge is 2.24. The molecule has 2 aromatic rings. The Kier molecular flexibility index (Phi) is 5.38. The van der Waals surface area contributed by atoms with Crippen LogP contribution in [0.1, 0.15) is 52.7 Å². The third kappa shape index (κ3) is 4.20. The van der Waals surface area contributed by atoms with Gasteiger partial charge in [-0.25, -0.2) is 14.4 Å².